The normalized spacial score (nSPS) is 15.1. The van der Waals surface area contributed by atoms with Crippen LogP contribution in [-0.2, 0) is 0 Å². The highest BCUT2D eigenvalue weighted by Gasteiger charge is 2.19. The first-order chi connectivity index (χ1) is 10.2. The molecular weight excluding hydrogens is 305 g/mol. The molecule has 21 heavy (non-hydrogen) atoms. The van der Waals surface area contributed by atoms with Gasteiger partial charge in [0.2, 0.25) is 0 Å². The fourth-order valence-corrected chi connectivity index (χ4v) is 5.00. The summed E-state index contributed by atoms with van der Waals surface area (Å²) in [6.07, 6.45) is 0. The largest absolute Gasteiger partial charge is 0.322 e. The maximum Gasteiger partial charge on any atom is 0.258 e. The maximum atomic E-state index is 13.6. The van der Waals surface area contributed by atoms with Gasteiger partial charge in [-0.1, -0.05) is 24.3 Å². The lowest BCUT2D eigenvalue weighted by molar-refractivity contribution is 0.102. The molecule has 2 aromatic carbocycles. The van der Waals surface area contributed by atoms with Gasteiger partial charge < -0.3 is 5.32 Å². The second-order valence-electron chi connectivity index (χ2n) is 4.63. The molecule has 2 nitrogen and oxygen atoms in total. The summed E-state index contributed by atoms with van der Waals surface area (Å²) in [6, 6.07) is 13.8. The predicted octanol–water partition coefficient (Wildman–Crippen LogP) is 4.56. The van der Waals surface area contributed by atoms with Crippen LogP contribution in [0.5, 0.6) is 0 Å². The first kappa shape index (κ1) is 14.5. The number of rotatable bonds is 3. The van der Waals surface area contributed by atoms with E-state index in [4.69, 9.17) is 0 Å². The summed E-state index contributed by atoms with van der Waals surface area (Å²) in [4.78, 5) is 12.1. The number of hydrogen-bond donors (Lipinski definition) is 1. The Bertz CT molecular complexity index is 656. The van der Waals surface area contributed by atoms with Crippen LogP contribution in [0, 0.1) is 5.82 Å². The summed E-state index contributed by atoms with van der Waals surface area (Å²) in [5, 5.41) is 2.77. The zero-order chi connectivity index (χ0) is 14.7. The molecule has 1 saturated heterocycles. The van der Waals surface area contributed by atoms with Crippen molar-refractivity contribution in [2.45, 2.75) is 4.58 Å². The van der Waals surface area contributed by atoms with Gasteiger partial charge in [0.05, 0.1) is 10.1 Å². The highest BCUT2D eigenvalue weighted by Crippen LogP contribution is 2.45. The molecule has 2 aromatic rings. The van der Waals surface area contributed by atoms with Crippen molar-refractivity contribution in [3.63, 3.8) is 0 Å². The van der Waals surface area contributed by atoms with Crippen molar-refractivity contribution in [1.82, 2.24) is 0 Å². The molecule has 1 aliphatic heterocycles. The molecule has 1 aliphatic rings. The molecule has 0 aliphatic carbocycles. The summed E-state index contributed by atoms with van der Waals surface area (Å²) in [7, 11) is 0. The molecule has 5 heteroatoms. The van der Waals surface area contributed by atoms with Crippen molar-refractivity contribution in [2.24, 2.45) is 0 Å². The van der Waals surface area contributed by atoms with Gasteiger partial charge in [-0.15, -0.1) is 23.5 Å². The van der Waals surface area contributed by atoms with E-state index in [9.17, 15) is 9.18 Å². The van der Waals surface area contributed by atoms with Gasteiger partial charge in [0.25, 0.3) is 5.91 Å². The molecule has 0 atom stereocenters. The van der Waals surface area contributed by atoms with E-state index in [0.717, 1.165) is 11.5 Å². The zero-order valence-corrected chi connectivity index (χ0v) is 12.8. The maximum absolute atomic E-state index is 13.6. The Balaban J connectivity index is 1.77. The van der Waals surface area contributed by atoms with Crippen LogP contribution in [0.3, 0.4) is 0 Å². The first-order valence-corrected chi connectivity index (χ1v) is 8.73. The summed E-state index contributed by atoms with van der Waals surface area (Å²) >= 11 is 3.82. The van der Waals surface area contributed by atoms with Gasteiger partial charge in [-0.05, 0) is 29.8 Å². The number of anilines is 1. The third kappa shape index (κ3) is 3.41. The van der Waals surface area contributed by atoms with E-state index in [1.54, 1.807) is 12.1 Å². The topological polar surface area (TPSA) is 29.1 Å². The van der Waals surface area contributed by atoms with E-state index in [0.29, 0.717) is 10.3 Å². The Morgan fingerprint density at radius 3 is 2.62 bits per heavy atom. The van der Waals surface area contributed by atoms with Gasteiger partial charge in [0.15, 0.2) is 0 Å². The monoisotopic (exact) mass is 319 g/mol. The van der Waals surface area contributed by atoms with Crippen LogP contribution in [0.25, 0.3) is 0 Å². The lowest BCUT2D eigenvalue weighted by Gasteiger charge is -2.11. The number of carbonyl (C=O) groups excluding carboxylic acids is 1. The molecule has 0 bridgehead atoms. The van der Waals surface area contributed by atoms with E-state index >= 15 is 0 Å². The van der Waals surface area contributed by atoms with Crippen LogP contribution in [0.15, 0.2) is 48.5 Å². The van der Waals surface area contributed by atoms with E-state index in [1.165, 1.54) is 17.7 Å². The SMILES string of the molecule is O=C(Nc1cccc(C2SCCS2)c1)c1ccccc1F. The number of amides is 1. The molecule has 0 spiro atoms. The minimum Gasteiger partial charge on any atom is -0.322 e. The molecule has 1 heterocycles. The minimum absolute atomic E-state index is 0.0625. The summed E-state index contributed by atoms with van der Waals surface area (Å²) in [5.41, 5.74) is 1.95. The molecule has 3 rings (SSSR count). The van der Waals surface area contributed by atoms with Crippen LogP contribution in [0.2, 0.25) is 0 Å². The van der Waals surface area contributed by atoms with Gasteiger partial charge >= 0.3 is 0 Å². The Hall–Kier alpha value is -1.46. The number of carbonyl (C=O) groups is 1. The second kappa shape index (κ2) is 6.54. The molecule has 0 unspecified atom stereocenters. The van der Waals surface area contributed by atoms with E-state index in [-0.39, 0.29) is 5.56 Å². The van der Waals surface area contributed by atoms with Crippen molar-refractivity contribution in [1.29, 1.82) is 0 Å². The fraction of sp³-hybridized carbons (Fsp3) is 0.188. The summed E-state index contributed by atoms with van der Waals surface area (Å²) < 4.78 is 14.0. The molecular formula is C16H14FNOS2. The Labute approximate surface area is 131 Å². The van der Waals surface area contributed by atoms with Crippen molar-refractivity contribution in [3.05, 3.63) is 65.5 Å². The average Bonchev–Trinajstić information content (AvgIpc) is 3.02. The molecule has 0 aromatic heterocycles. The summed E-state index contributed by atoms with van der Waals surface area (Å²) in [5.74, 6) is 1.38. The van der Waals surface area contributed by atoms with Gasteiger partial charge in [0.1, 0.15) is 5.82 Å². The van der Waals surface area contributed by atoms with E-state index in [2.05, 4.69) is 11.4 Å². The number of benzene rings is 2. The molecule has 1 N–H and O–H groups in total. The molecule has 0 saturated carbocycles. The van der Waals surface area contributed by atoms with E-state index in [1.807, 2.05) is 41.7 Å². The fourth-order valence-electron chi connectivity index (χ4n) is 2.16. The molecule has 1 amide bonds. The van der Waals surface area contributed by atoms with Crippen molar-refractivity contribution < 1.29 is 9.18 Å². The smallest absolute Gasteiger partial charge is 0.258 e. The Kier molecular flexibility index (Phi) is 4.51. The first-order valence-electron chi connectivity index (χ1n) is 6.63. The number of nitrogens with one attached hydrogen (secondary N) is 1. The third-order valence-electron chi connectivity index (χ3n) is 3.16. The van der Waals surface area contributed by atoms with Crippen LogP contribution < -0.4 is 5.32 Å². The van der Waals surface area contributed by atoms with Gasteiger partial charge in [-0.3, -0.25) is 4.79 Å². The minimum atomic E-state index is -0.506. The Morgan fingerprint density at radius 2 is 1.86 bits per heavy atom. The zero-order valence-electron chi connectivity index (χ0n) is 11.2. The highest BCUT2D eigenvalue weighted by atomic mass is 32.2. The Morgan fingerprint density at radius 1 is 1.10 bits per heavy atom. The molecule has 0 radical (unpaired) electrons. The van der Waals surface area contributed by atoms with Gasteiger partial charge in [-0.25, -0.2) is 4.39 Å². The lowest BCUT2D eigenvalue weighted by Crippen LogP contribution is -2.13. The van der Waals surface area contributed by atoms with Crippen LogP contribution in [0.4, 0.5) is 10.1 Å². The van der Waals surface area contributed by atoms with Crippen LogP contribution in [-0.4, -0.2) is 17.4 Å². The number of hydrogen-bond acceptors (Lipinski definition) is 3. The van der Waals surface area contributed by atoms with Crippen LogP contribution in [0.1, 0.15) is 20.5 Å². The standard InChI is InChI=1S/C16H14FNOS2/c17-14-7-2-1-6-13(14)15(19)18-12-5-3-4-11(10-12)16-20-8-9-21-16/h1-7,10,16H,8-9H2,(H,18,19). The van der Waals surface area contributed by atoms with Crippen LogP contribution >= 0.6 is 23.5 Å². The lowest BCUT2D eigenvalue weighted by atomic mass is 10.2. The number of halogens is 1. The van der Waals surface area contributed by atoms with E-state index < -0.39 is 11.7 Å². The summed E-state index contributed by atoms with van der Waals surface area (Å²) in [6.45, 7) is 0. The van der Waals surface area contributed by atoms with Crippen molar-refractivity contribution >= 4 is 35.1 Å². The molecule has 108 valence electrons. The third-order valence-corrected chi connectivity index (χ3v) is 6.26. The van der Waals surface area contributed by atoms with Gasteiger partial charge in [-0.2, -0.15) is 0 Å². The quantitative estimate of drug-likeness (QED) is 0.899. The highest BCUT2D eigenvalue weighted by molar-refractivity contribution is 8.19. The van der Waals surface area contributed by atoms with Crippen molar-refractivity contribution in [2.75, 3.05) is 16.8 Å². The van der Waals surface area contributed by atoms with Crippen molar-refractivity contribution in [3.8, 4) is 0 Å². The molecule has 1 fully saturated rings. The predicted molar refractivity (Wildman–Crippen MR) is 88.5 cm³/mol. The average molecular weight is 319 g/mol. The number of thioether (sulfide) groups is 2. The van der Waals surface area contributed by atoms with Gasteiger partial charge in [0, 0.05) is 17.2 Å². The second-order valence-corrected chi connectivity index (χ2v) is 7.36.